The van der Waals surface area contributed by atoms with Gasteiger partial charge in [-0.25, -0.2) is 5.01 Å². The molecule has 2 amide bonds. The zero-order valence-corrected chi connectivity index (χ0v) is 8.49. The zero-order valence-electron chi connectivity index (χ0n) is 8.49. The van der Waals surface area contributed by atoms with Crippen LogP contribution in [0.5, 0.6) is 0 Å². The molecule has 0 atom stereocenters. The molecule has 78 valence electrons. The van der Waals surface area contributed by atoms with E-state index in [1.807, 2.05) is 18.2 Å². The Balaban J connectivity index is 2.17. The van der Waals surface area contributed by atoms with Crippen molar-refractivity contribution in [2.45, 2.75) is 19.9 Å². The van der Waals surface area contributed by atoms with Gasteiger partial charge in [0.1, 0.15) is 0 Å². The van der Waals surface area contributed by atoms with E-state index in [2.05, 4.69) is 5.43 Å². The van der Waals surface area contributed by atoms with Gasteiger partial charge in [0.2, 0.25) is 5.91 Å². The van der Waals surface area contributed by atoms with Crippen molar-refractivity contribution in [1.82, 2.24) is 10.4 Å². The predicted octanol–water partition coefficient (Wildman–Crippen LogP) is 1.08. The van der Waals surface area contributed by atoms with Gasteiger partial charge in [-0.3, -0.25) is 15.0 Å². The largest absolute Gasteiger partial charge is 0.273 e. The number of fused-ring (bicyclic) bond motifs is 1. The standard InChI is InChI=1S/C11H12N2O2/c1-2-10(14)12-13-7-8-5-3-4-6-9(8)11(13)15/h3-6H,2,7H2,1H3,(H,12,14). The number of hydrazine groups is 1. The summed E-state index contributed by atoms with van der Waals surface area (Å²) in [6, 6.07) is 7.38. The maximum atomic E-state index is 11.8. The summed E-state index contributed by atoms with van der Waals surface area (Å²) in [6.07, 6.45) is 0.375. The van der Waals surface area contributed by atoms with Gasteiger partial charge < -0.3 is 0 Å². The van der Waals surface area contributed by atoms with Gasteiger partial charge in [-0.15, -0.1) is 0 Å². The van der Waals surface area contributed by atoms with E-state index in [0.29, 0.717) is 18.5 Å². The van der Waals surface area contributed by atoms with E-state index in [-0.39, 0.29) is 11.8 Å². The average molecular weight is 204 g/mol. The van der Waals surface area contributed by atoms with Gasteiger partial charge in [0, 0.05) is 12.0 Å². The van der Waals surface area contributed by atoms with E-state index in [1.165, 1.54) is 5.01 Å². The van der Waals surface area contributed by atoms with Crippen molar-refractivity contribution in [2.75, 3.05) is 0 Å². The Morgan fingerprint density at radius 3 is 2.87 bits per heavy atom. The SMILES string of the molecule is CCC(=O)NN1Cc2ccccc2C1=O. The lowest BCUT2D eigenvalue weighted by Gasteiger charge is -2.15. The fourth-order valence-electron chi connectivity index (χ4n) is 1.57. The first-order chi connectivity index (χ1) is 7.22. The van der Waals surface area contributed by atoms with Crippen LogP contribution in [-0.4, -0.2) is 16.8 Å². The molecule has 0 spiro atoms. The van der Waals surface area contributed by atoms with Gasteiger partial charge in [-0.1, -0.05) is 25.1 Å². The second-order valence-electron chi connectivity index (χ2n) is 3.44. The van der Waals surface area contributed by atoms with Crippen molar-refractivity contribution in [3.63, 3.8) is 0 Å². The third kappa shape index (κ3) is 1.70. The molecule has 0 saturated heterocycles. The summed E-state index contributed by atoms with van der Waals surface area (Å²) in [7, 11) is 0. The van der Waals surface area contributed by atoms with Crippen LogP contribution in [0, 0.1) is 0 Å². The minimum atomic E-state index is -0.142. The highest BCUT2D eigenvalue weighted by atomic mass is 16.2. The van der Waals surface area contributed by atoms with E-state index in [1.54, 1.807) is 13.0 Å². The van der Waals surface area contributed by atoms with Crippen LogP contribution in [0.4, 0.5) is 0 Å². The van der Waals surface area contributed by atoms with Crippen LogP contribution in [0.2, 0.25) is 0 Å². The van der Waals surface area contributed by atoms with Crippen molar-refractivity contribution < 1.29 is 9.59 Å². The monoisotopic (exact) mass is 204 g/mol. The molecule has 1 heterocycles. The molecule has 1 aromatic rings. The smallest absolute Gasteiger partial charge is 0.272 e. The van der Waals surface area contributed by atoms with Crippen molar-refractivity contribution >= 4 is 11.8 Å². The lowest BCUT2D eigenvalue weighted by molar-refractivity contribution is -0.124. The van der Waals surface area contributed by atoms with E-state index in [9.17, 15) is 9.59 Å². The second kappa shape index (κ2) is 3.73. The quantitative estimate of drug-likeness (QED) is 0.783. The topological polar surface area (TPSA) is 49.4 Å². The summed E-state index contributed by atoms with van der Waals surface area (Å²) < 4.78 is 0. The Morgan fingerprint density at radius 1 is 1.47 bits per heavy atom. The molecule has 0 bridgehead atoms. The van der Waals surface area contributed by atoms with Crippen molar-refractivity contribution in [3.8, 4) is 0 Å². The molecule has 0 aromatic heterocycles. The number of nitrogens with zero attached hydrogens (tertiary/aromatic N) is 1. The summed E-state index contributed by atoms with van der Waals surface area (Å²) in [4.78, 5) is 22.9. The summed E-state index contributed by atoms with van der Waals surface area (Å²) in [5.74, 6) is -0.274. The highest BCUT2D eigenvalue weighted by Crippen LogP contribution is 2.20. The first kappa shape index (κ1) is 9.71. The Labute approximate surface area is 87.9 Å². The first-order valence-corrected chi connectivity index (χ1v) is 4.91. The Morgan fingerprint density at radius 2 is 2.20 bits per heavy atom. The Hall–Kier alpha value is -1.84. The van der Waals surface area contributed by atoms with E-state index in [0.717, 1.165) is 5.56 Å². The third-order valence-corrected chi connectivity index (χ3v) is 2.40. The number of hydrogen-bond donors (Lipinski definition) is 1. The van der Waals surface area contributed by atoms with Crippen LogP contribution < -0.4 is 5.43 Å². The van der Waals surface area contributed by atoms with Gasteiger partial charge in [-0.05, 0) is 11.6 Å². The molecule has 2 rings (SSSR count). The highest BCUT2D eigenvalue weighted by Gasteiger charge is 2.27. The number of benzene rings is 1. The fraction of sp³-hybridized carbons (Fsp3) is 0.273. The van der Waals surface area contributed by atoms with Crippen molar-refractivity contribution in [3.05, 3.63) is 35.4 Å². The van der Waals surface area contributed by atoms with Gasteiger partial charge in [-0.2, -0.15) is 0 Å². The number of amides is 2. The number of carbonyl (C=O) groups is 2. The zero-order chi connectivity index (χ0) is 10.8. The lowest BCUT2D eigenvalue weighted by atomic mass is 10.1. The first-order valence-electron chi connectivity index (χ1n) is 4.91. The molecule has 0 fully saturated rings. The highest BCUT2D eigenvalue weighted by molar-refractivity contribution is 5.99. The fourth-order valence-corrected chi connectivity index (χ4v) is 1.57. The Kier molecular flexibility index (Phi) is 2.41. The predicted molar refractivity (Wildman–Crippen MR) is 54.7 cm³/mol. The third-order valence-electron chi connectivity index (χ3n) is 2.40. The van der Waals surface area contributed by atoms with Crippen molar-refractivity contribution in [2.24, 2.45) is 0 Å². The van der Waals surface area contributed by atoms with Crippen molar-refractivity contribution in [1.29, 1.82) is 0 Å². The molecule has 1 aromatic carbocycles. The van der Waals surface area contributed by atoms with Crippen LogP contribution >= 0.6 is 0 Å². The van der Waals surface area contributed by atoms with Gasteiger partial charge >= 0.3 is 0 Å². The summed E-state index contributed by atoms with van der Waals surface area (Å²) >= 11 is 0. The average Bonchev–Trinajstić information content (AvgIpc) is 2.57. The number of rotatable bonds is 2. The maximum Gasteiger partial charge on any atom is 0.272 e. The molecule has 4 heteroatoms. The molecule has 4 nitrogen and oxygen atoms in total. The summed E-state index contributed by atoms with van der Waals surface area (Å²) in [5.41, 5.74) is 4.20. The summed E-state index contributed by atoms with van der Waals surface area (Å²) in [5, 5.41) is 1.36. The van der Waals surface area contributed by atoms with Crippen LogP contribution in [0.15, 0.2) is 24.3 Å². The number of carbonyl (C=O) groups excluding carboxylic acids is 2. The summed E-state index contributed by atoms with van der Waals surface area (Å²) in [6.45, 7) is 2.21. The lowest BCUT2D eigenvalue weighted by Crippen LogP contribution is -2.41. The molecular formula is C11H12N2O2. The van der Waals surface area contributed by atoms with Gasteiger partial charge in [0.05, 0.1) is 6.54 Å². The van der Waals surface area contributed by atoms with Crippen LogP contribution in [0.1, 0.15) is 29.3 Å². The molecule has 1 aliphatic heterocycles. The van der Waals surface area contributed by atoms with E-state index < -0.39 is 0 Å². The van der Waals surface area contributed by atoms with E-state index in [4.69, 9.17) is 0 Å². The maximum absolute atomic E-state index is 11.8. The van der Waals surface area contributed by atoms with Crippen LogP contribution in [0.3, 0.4) is 0 Å². The molecule has 0 radical (unpaired) electrons. The minimum absolute atomic E-state index is 0.132. The van der Waals surface area contributed by atoms with Crippen LogP contribution in [0.25, 0.3) is 0 Å². The minimum Gasteiger partial charge on any atom is -0.273 e. The van der Waals surface area contributed by atoms with Crippen LogP contribution in [-0.2, 0) is 11.3 Å². The molecule has 0 unspecified atom stereocenters. The Bertz CT molecular complexity index is 415. The van der Waals surface area contributed by atoms with E-state index >= 15 is 0 Å². The molecule has 1 N–H and O–H groups in total. The van der Waals surface area contributed by atoms with Gasteiger partial charge in [0.25, 0.3) is 5.91 Å². The molecular weight excluding hydrogens is 192 g/mol. The second-order valence-corrected chi connectivity index (χ2v) is 3.44. The molecule has 0 saturated carbocycles. The number of nitrogens with one attached hydrogen (secondary N) is 1. The van der Waals surface area contributed by atoms with Gasteiger partial charge in [0.15, 0.2) is 0 Å². The molecule has 15 heavy (non-hydrogen) atoms. The number of hydrogen-bond acceptors (Lipinski definition) is 2. The molecule has 0 aliphatic carbocycles. The molecule has 1 aliphatic rings. The normalized spacial score (nSPS) is 13.9.